The van der Waals surface area contributed by atoms with Crippen LogP contribution in [0.1, 0.15) is 31.0 Å². The molecule has 0 saturated carbocycles. The van der Waals surface area contributed by atoms with Gasteiger partial charge in [0.2, 0.25) is 6.41 Å². The molecule has 1 aromatic heterocycles. The third-order valence-electron chi connectivity index (χ3n) is 3.79. The molecule has 0 saturated heterocycles. The van der Waals surface area contributed by atoms with Crippen molar-refractivity contribution in [2.24, 2.45) is 4.99 Å². The number of aromatic nitrogens is 2. The molecule has 2 aromatic rings. The molecule has 0 bridgehead atoms. The Balaban J connectivity index is 1.88. The van der Waals surface area contributed by atoms with Crippen molar-refractivity contribution in [1.82, 2.24) is 20.8 Å². The molecule has 144 valence electrons. The first-order valence-corrected chi connectivity index (χ1v) is 9.14. The van der Waals surface area contributed by atoms with Gasteiger partial charge in [0.15, 0.2) is 5.82 Å². The summed E-state index contributed by atoms with van der Waals surface area (Å²) < 4.78 is 0. The minimum absolute atomic E-state index is 0.260. The molecule has 1 amide bonds. The number of hydrogen-bond donors (Lipinski definition) is 5. The SMILES string of the molecule is CCCc1cc(NC(=N)c2ccccc2/N=C/CCNCCNC=O)n[nH]1. The molecule has 8 heteroatoms. The standard InChI is InChI=1S/C19H27N7O/c1-2-6-15-13-18(26-25-15)24-19(20)16-7-3-4-8-17(16)23-10-5-9-21-11-12-22-14-27/h3-4,7-8,10,13-14,21H,2,5-6,9,11-12H2,1H3,(H,22,27)(H3,20,24,25,26)/b23-10+. The average Bonchev–Trinajstić information content (AvgIpc) is 3.11. The summed E-state index contributed by atoms with van der Waals surface area (Å²) in [6.07, 6.45) is 5.26. The number of nitrogens with one attached hydrogen (secondary N) is 5. The van der Waals surface area contributed by atoms with Crippen molar-refractivity contribution < 1.29 is 4.79 Å². The van der Waals surface area contributed by atoms with Gasteiger partial charge in [-0.15, -0.1) is 0 Å². The van der Waals surface area contributed by atoms with Crippen LogP contribution in [-0.4, -0.2) is 48.3 Å². The van der Waals surface area contributed by atoms with Gasteiger partial charge in [0.1, 0.15) is 5.84 Å². The highest BCUT2D eigenvalue weighted by atomic mass is 16.1. The Hall–Kier alpha value is -3.00. The smallest absolute Gasteiger partial charge is 0.207 e. The third-order valence-corrected chi connectivity index (χ3v) is 3.79. The number of aryl methyl sites for hydroxylation is 1. The number of benzene rings is 1. The number of amides is 1. The molecular formula is C19H27N7O. The molecule has 8 nitrogen and oxygen atoms in total. The number of carbonyl (C=O) groups excluding carboxylic acids is 1. The summed E-state index contributed by atoms with van der Waals surface area (Å²) in [5, 5.41) is 24.4. The number of anilines is 1. The highest BCUT2D eigenvalue weighted by Crippen LogP contribution is 2.20. The molecule has 0 unspecified atom stereocenters. The van der Waals surface area contributed by atoms with E-state index in [4.69, 9.17) is 5.41 Å². The Morgan fingerprint density at radius 1 is 1.30 bits per heavy atom. The summed E-state index contributed by atoms with van der Waals surface area (Å²) in [5.41, 5.74) is 2.51. The number of aliphatic imine (C=N–C) groups is 1. The van der Waals surface area contributed by atoms with E-state index in [2.05, 4.69) is 38.1 Å². The van der Waals surface area contributed by atoms with E-state index in [0.717, 1.165) is 49.3 Å². The van der Waals surface area contributed by atoms with Crippen molar-refractivity contribution in [1.29, 1.82) is 5.41 Å². The van der Waals surface area contributed by atoms with Gasteiger partial charge in [0.05, 0.1) is 5.69 Å². The first-order chi connectivity index (χ1) is 13.2. The van der Waals surface area contributed by atoms with Gasteiger partial charge in [-0.2, -0.15) is 5.10 Å². The lowest BCUT2D eigenvalue weighted by atomic mass is 10.1. The minimum atomic E-state index is 0.260. The van der Waals surface area contributed by atoms with Crippen LogP contribution in [0.3, 0.4) is 0 Å². The van der Waals surface area contributed by atoms with Crippen LogP contribution in [-0.2, 0) is 11.2 Å². The van der Waals surface area contributed by atoms with Gasteiger partial charge in [-0.3, -0.25) is 20.3 Å². The molecule has 0 aliphatic heterocycles. The Morgan fingerprint density at radius 3 is 2.96 bits per heavy atom. The number of amidine groups is 1. The molecule has 1 heterocycles. The van der Waals surface area contributed by atoms with Gasteiger partial charge < -0.3 is 16.0 Å². The Morgan fingerprint density at radius 2 is 2.15 bits per heavy atom. The second-order valence-corrected chi connectivity index (χ2v) is 5.97. The van der Waals surface area contributed by atoms with Crippen molar-refractivity contribution in [2.75, 3.05) is 25.0 Å². The van der Waals surface area contributed by atoms with E-state index in [0.29, 0.717) is 18.8 Å². The van der Waals surface area contributed by atoms with E-state index in [1.165, 1.54) is 0 Å². The third kappa shape index (κ3) is 7.02. The van der Waals surface area contributed by atoms with Gasteiger partial charge in [-0.25, -0.2) is 0 Å². The summed E-state index contributed by atoms with van der Waals surface area (Å²) in [5.74, 6) is 0.894. The highest BCUT2D eigenvalue weighted by molar-refractivity contribution is 6.09. The van der Waals surface area contributed by atoms with Crippen LogP contribution >= 0.6 is 0 Å². The predicted octanol–water partition coefficient (Wildman–Crippen LogP) is 2.23. The van der Waals surface area contributed by atoms with Gasteiger partial charge in [0.25, 0.3) is 0 Å². The largest absolute Gasteiger partial charge is 0.357 e. The molecule has 5 N–H and O–H groups in total. The summed E-state index contributed by atoms with van der Waals surface area (Å²) in [4.78, 5) is 14.6. The van der Waals surface area contributed by atoms with Crippen molar-refractivity contribution in [3.8, 4) is 0 Å². The fourth-order valence-electron chi connectivity index (χ4n) is 2.49. The fourth-order valence-corrected chi connectivity index (χ4v) is 2.49. The van der Waals surface area contributed by atoms with Crippen molar-refractivity contribution in [3.05, 3.63) is 41.6 Å². The summed E-state index contributed by atoms with van der Waals surface area (Å²) in [7, 11) is 0. The number of carbonyl (C=O) groups is 1. The summed E-state index contributed by atoms with van der Waals surface area (Å²) in [6.45, 7) is 4.22. The van der Waals surface area contributed by atoms with Crippen LogP contribution in [0.4, 0.5) is 11.5 Å². The molecule has 27 heavy (non-hydrogen) atoms. The maximum atomic E-state index is 10.1. The molecule has 1 aromatic carbocycles. The lowest BCUT2D eigenvalue weighted by Gasteiger charge is -2.08. The van der Waals surface area contributed by atoms with E-state index in [1.807, 2.05) is 36.5 Å². The minimum Gasteiger partial charge on any atom is -0.357 e. The zero-order chi connectivity index (χ0) is 19.3. The van der Waals surface area contributed by atoms with Crippen LogP contribution in [0.25, 0.3) is 0 Å². The second-order valence-electron chi connectivity index (χ2n) is 5.97. The molecular weight excluding hydrogens is 342 g/mol. The Labute approximate surface area is 159 Å². The normalized spacial score (nSPS) is 10.9. The van der Waals surface area contributed by atoms with Crippen LogP contribution in [0, 0.1) is 5.41 Å². The lowest BCUT2D eigenvalue weighted by Crippen LogP contribution is -2.27. The van der Waals surface area contributed by atoms with Crippen molar-refractivity contribution in [3.63, 3.8) is 0 Å². The Kier molecular flexibility index (Phi) is 8.72. The molecule has 0 atom stereocenters. The van der Waals surface area contributed by atoms with E-state index in [-0.39, 0.29) is 5.84 Å². The zero-order valence-corrected chi connectivity index (χ0v) is 15.6. The molecule has 0 aliphatic rings. The Bertz CT molecular complexity index is 754. The number of aromatic amines is 1. The lowest BCUT2D eigenvalue weighted by molar-refractivity contribution is -0.109. The number of hydrogen-bond acceptors (Lipinski definition) is 5. The molecule has 0 spiro atoms. The van der Waals surface area contributed by atoms with E-state index >= 15 is 0 Å². The van der Waals surface area contributed by atoms with Gasteiger partial charge in [-0.1, -0.05) is 25.5 Å². The monoisotopic (exact) mass is 369 g/mol. The number of nitrogens with zero attached hydrogens (tertiary/aromatic N) is 2. The first-order valence-electron chi connectivity index (χ1n) is 9.14. The predicted molar refractivity (Wildman–Crippen MR) is 109 cm³/mol. The van der Waals surface area contributed by atoms with Crippen LogP contribution < -0.4 is 16.0 Å². The maximum absolute atomic E-state index is 10.1. The van der Waals surface area contributed by atoms with E-state index < -0.39 is 0 Å². The zero-order valence-electron chi connectivity index (χ0n) is 15.6. The number of rotatable bonds is 12. The summed E-state index contributed by atoms with van der Waals surface area (Å²) >= 11 is 0. The van der Waals surface area contributed by atoms with E-state index in [1.54, 1.807) is 0 Å². The van der Waals surface area contributed by atoms with Crippen LogP contribution in [0.15, 0.2) is 35.3 Å². The van der Waals surface area contributed by atoms with E-state index in [9.17, 15) is 4.79 Å². The molecule has 2 rings (SSSR count). The van der Waals surface area contributed by atoms with Crippen molar-refractivity contribution in [2.45, 2.75) is 26.2 Å². The van der Waals surface area contributed by atoms with Crippen LogP contribution in [0.5, 0.6) is 0 Å². The van der Waals surface area contributed by atoms with Gasteiger partial charge in [-0.05, 0) is 25.0 Å². The van der Waals surface area contributed by atoms with Crippen molar-refractivity contribution >= 4 is 30.0 Å². The maximum Gasteiger partial charge on any atom is 0.207 e. The number of para-hydroxylation sites is 1. The van der Waals surface area contributed by atoms with Gasteiger partial charge in [0, 0.05) is 43.2 Å². The summed E-state index contributed by atoms with van der Waals surface area (Å²) in [6, 6.07) is 9.47. The quantitative estimate of drug-likeness (QED) is 0.171. The highest BCUT2D eigenvalue weighted by Gasteiger charge is 2.09. The molecule has 0 fully saturated rings. The molecule has 0 aliphatic carbocycles. The van der Waals surface area contributed by atoms with Crippen LogP contribution in [0.2, 0.25) is 0 Å². The first kappa shape index (κ1) is 20.3. The average molecular weight is 369 g/mol. The molecule has 0 radical (unpaired) electrons. The number of H-pyrrole nitrogens is 1. The topological polar surface area (TPSA) is 118 Å². The fraction of sp³-hybridized carbons (Fsp3) is 0.368. The second kappa shape index (κ2) is 11.6. The van der Waals surface area contributed by atoms with Gasteiger partial charge >= 0.3 is 0 Å².